The van der Waals surface area contributed by atoms with E-state index in [0.29, 0.717) is 32.1 Å². The summed E-state index contributed by atoms with van der Waals surface area (Å²) < 4.78 is 43.0. The standard InChI is InChI=1S/C52H84O19/c1-9-10-21-65-42(62)40-38(61)39(69-43-36(59)34(57)32(55)27(23-53)66-43)41(71-44-37(60)35(58)33(56)28(24-54)67-44)45(70-40)68-31-14-15-49(6)29(48(31,4)5)13-16-51(8)30(49)12-11-25-26-22-47(2,3)17-19-52(26,46(63)64)20-18-50(25,51)7/h11,26-41,43-45,53-61H,9-10,12-24H2,1-8H3,(H,63,64)/t26?,27?,28?,29?,30?,31-,32?,33?,34?,35?,36?,37?,38?,39?,40?,41?,43?,44?,45?,49?,50+,51?,52?/m0/s1. The van der Waals surface area contributed by atoms with Crippen molar-refractivity contribution in [2.24, 2.45) is 50.2 Å². The maximum Gasteiger partial charge on any atom is 0.338 e. The van der Waals surface area contributed by atoms with E-state index in [1.807, 2.05) is 6.92 Å². The molecule has 10 N–H and O–H groups in total. The van der Waals surface area contributed by atoms with Crippen molar-refractivity contribution in [2.75, 3.05) is 19.8 Å². The van der Waals surface area contributed by atoms with Crippen LogP contribution in [0.2, 0.25) is 0 Å². The lowest BCUT2D eigenvalue weighted by Crippen LogP contribution is -2.69. The van der Waals surface area contributed by atoms with Crippen molar-refractivity contribution < 1.29 is 93.8 Å². The summed E-state index contributed by atoms with van der Waals surface area (Å²) in [6.45, 7) is 16.4. The second-order valence-electron chi connectivity index (χ2n) is 24.7. The van der Waals surface area contributed by atoms with Gasteiger partial charge in [-0.1, -0.05) is 73.5 Å². The van der Waals surface area contributed by atoms with Crippen LogP contribution in [-0.4, -0.2) is 181 Å². The molecule has 406 valence electrons. The largest absolute Gasteiger partial charge is 0.481 e. The summed E-state index contributed by atoms with van der Waals surface area (Å²) in [7, 11) is 0. The third kappa shape index (κ3) is 9.17. The van der Waals surface area contributed by atoms with Crippen LogP contribution < -0.4 is 0 Å². The molecule has 5 aliphatic carbocycles. The van der Waals surface area contributed by atoms with E-state index in [0.717, 1.165) is 44.9 Å². The fourth-order valence-corrected chi connectivity index (χ4v) is 15.5. The maximum atomic E-state index is 13.9. The Balaban J connectivity index is 1.13. The number of aliphatic hydroxyl groups is 9. The van der Waals surface area contributed by atoms with Gasteiger partial charge in [-0.25, -0.2) is 4.79 Å². The molecule has 3 saturated heterocycles. The number of unbranched alkanes of at least 4 members (excludes halogenated alkanes) is 1. The van der Waals surface area contributed by atoms with E-state index in [4.69, 9.17) is 33.2 Å². The molecule has 3 aliphatic heterocycles. The summed E-state index contributed by atoms with van der Waals surface area (Å²) in [6.07, 6.45) is -16.1. The predicted molar refractivity (Wildman–Crippen MR) is 249 cm³/mol. The topological polar surface area (TPSA) is 301 Å². The van der Waals surface area contributed by atoms with Gasteiger partial charge in [0.2, 0.25) is 0 Å². The number of allylic oxidation sites excluding steroid dienone is 2. The van der Waals surface area contributed by atoms with Gasteiger partial charge in [-0.05, 0) is 115 Å². The first-order chi connectivity index (χ1) is 33.3. The van der Waals surface area contributed by atoms with Gasteiger partial charge in [0.15, 0.2) is 25.0 Å². The zero-order valence-corrected chi connectivity index (χ0v) is 42.8. The smallest absolute Gasteiger partial charge is 0.338 e. The van der Waals surface area contributed by atoms with Crippen molar-refractivity contribution in [3.05, 3.63) is 11.6 Å². The number of ether oxygens (including phenoxy) is 7. The van der Waals surface area contributed by atoms with Gasteiger partial charge in [0.05, 0.1) is 31.3 Å². The number of fused-ring (bicyclic) bond motifs is 7. The number of rotatable bonds is 13. The summed E-state index contributed by atoms with van der Waals surface area (Å²) in [4.78, 5) is 27.1. The van der Waals surface area contributed by atoms with Crippen LogP contribution in [-0.2, 0) is 42.7 Å². The molecule has 0 aromatic rings. The third-order valence-electron chi connectivity index (χ3n) is 20.1. The Labute approximate surface area is 417 Å². The average Bonchev–Trinajstić information content (AvgIpc) is 3.31. The fourth-order valence-electron chi connectivity index (χ4n) is 15.5. The number of aliphatic hydroxyl groups excluding tert-OH is 9. The third-order valence-corrected chi connectivity index (χ3v) is 20.1. The van der Waals surface area contributed by atoms with Crippen LogP contribution in [0.15, 0.2) is 11.6 Å². The predicted octanol–water partition coefficient (Wildman–Crippen LogP) is 2.06. The minimum Gasteiger partial charge on any atom is -0.481 e. The molecule has 0 aromatic heterocycles. The highest BCUT2D eigenvalue weighted by molar-refractivity contribution is 5.77. The minimum absolute atomic E-state index is 0.0126. The second-order valence-corrected chi connectivity index (χ2v) is 24.7. The van der Waals surface area contributed by atoms with E-state index in [-0.39, 0.29) is 46.0 Å². The molecule has 0 radical (unpaired) electrons. The van der Waals surface area contributed by atoms with E-state index < -0.39 is 134 Å². The van der Waals surface area contributed by atoms with Crippen molar-refractivity contribution in [2.45, 2.75) is 231 Å². The van der Waals surface area contributed by atoms with E-state index in [9.17, 15) is 60.7 Å². The highest BCUT2D eigenvalue weighted by atomic mass is 16.8. The van der Waals surface area contributed by atoms with Gasteiger partial charge in [0.25, 0.3) is 0 Å². The first kappa shape index (κ1) is 55.3. The quantitative estimate of drug-likeness (QED) is 0.0547. The molecular formula is C52H84O19. The molecule has 7 fully saturated rings. The number of carbonyl (C=O) groups excluding carboxylic acids is 1. The summed E-state index contributed by atoms with van der Waals surface area (Å²) in [5.41, 5.74) is -0.532. The number of carbonyl (C=O) groups is 2. The Morgan fingerprint density at radius 1 is 0.662 bits per heavy atom. The van der Waals surface area contributed by atoms with Crippen LogP contribution in [0.1, 0.15) is 132 Å². The van der Waals surface area contributed by atoms with E-state index >= 15 is 0 Å². The van der Waals surface area contributed by atoms with Crippen LogP contribution in [0.4, 0.5) is 0 Å². The first-order valence-electron chi connectivity index (χ1n) is 26.3. The summed E-state index contributed by atoms with van der Waals surface area (Å²) in [5.74, 6) is -1.35. The molecule has 0 aromatic carbocycles. The lowest BCUT2D eigenvalue weighted by Gasteiger charge is -2.71. The lowest BCUT2D eigenvalue weighted by molar-refractivity contribution is -0.396. The monoisotopic (exact) mass is 1010 g/mol. The summed E-state index contributed by atoms with van der Waals surface area (Å²) in [6, 6.07) is 0. The Kier molecular flexibility index (Phi) is 15.8. The molecule has 4 saturated carbocycles. The minimum atomic E-state index is -1.99. The van der Waals surface area contributed by atoms with Crippen molar-refractivity contribution >= 4 is 11.9 Å². The van der Waals surface area contributed by atoms with Crippen molar-refractivity contribution in [3.8, 4) is 0 Å². The molecular weight excluding hydrogens is 929 g/mol. The number of esters is 1. The number of carboxylic acid groups (broad SMARTS) is 1. The molecule has 0 spiro atoms. The SMILES string of the molecule is CCCCOC(=O)C1OC(O[C@H]2CCC3(C)C(CCC4(C)C3CC=C3C5CC(C)(C)CCC5(C(=O)O)CC[C@]34C)C2(C)C)C(OC2OC(CO)C(O)C(O)C2O)C(OC2OC(CO)C(O)C(O)C2O)C1O. The Morgan fingerprint density at radius 2 is 1.25 bits per heavy atom. The van der Waals surface area contributed by atoms with Crippen LogP contribution >= 0.6 is 0 Å². The molecule has 8 rings (SSSR count). The molecule has 0 bridgehead atoms. The van der Waals surface area contributed by atoms with Crippen LogP contribution in [0.5, 0.6) is 0 Å². The summed E-state index contributed by atoms with van der Waals surface area (Å²) >= 11 is 0. The Bertz CT molecular complexity index is 1940. The van der Waals surface area contributed by atoms with Gasteiger partial charge < -0.3 is 84.2 Å². The zero-order chi connectivity index (χ0) is 52.0. The van der Waals surface area contributed by atoms with Gasteiger partial charge in [-0.15, -0.1) is 0 Å². The maximum absolute atomic E-state index is 13.9. The zero-order valence-electron chi connectivity index (χ0n) is 42.8. The number of carboxylic acids is 1. The van der Waals surface area contributed by atoms with Crippen molar-refractivity contribution in [1.29, 1.82) is 0 Å². The Hall–Kier alpha value is -1.92. The van der Waals surface area contributed by atoms with Crippen LogP contribution in [0.25, 0.3) is 0 Å². The molecule has 21 unspecified atom stereocenters. The molecule has 19 nitrogen and oxygen atoms in total. The highest BCUT2D eigenvalue weighted by Crippen LogP contribution is 2.76. The molecule has 71 heavy (non-hydrogen) atoms. The average molecular weight is 1010 g/mol. The second kappa shape index (κ2) is 20.2. The van der Waals surface area contributed by atoms with Gasteiger partial charge in [-0.3, -0.25) is 4.79 Å². The fraction of sp³-hybridized carbons (Fsp3) is 0.923. The Morgan fingerprint density at radius 3 is 1.83 bits per heavy atom. The number of hydrogen-bond donors (Lipinski definition) is 10. The number of aliphatic carboxylic acids is 1. The van der Waals surface area contributed by atoms with Crippen LogP contribution in [0, 0.1) is 50.2 Å². The molecule has 23 atom stereocenters. The molecule has 8 aliphatic rings. The van der Waals surface area contributed by atoms with Gasteiger partial charge in [-0.2, -0.15) is 0 Å². The molecule has 0 amide bonds. The molecule has 3 heterocycles. The van der Waals surface area contributed by atoms with Crippen molar-refractivity contribution in [1.82, 2.24) is 0 Å². The van der Waals surface area contributed by atoms with Crippen LogP contribution in [0.3, 0.4) is 0 Å². The van der Waals surface area contributed by atoms with Crippen molar-refractivity contribution in [3.63, 3.8) is 0 Å². The number of hydrogen-bond acceptors (Lipinski definition) is 18. The normalized spacial score (nSPS) is 50.3. The van der Waals surface area contributed by atoms with E-state index in [1.165, 1.54) is 5.57 Å². The van der Waals surface area contributed by atoms with Gasteiger partial charge in [0, 0.05) is 0 Å². The first-order valence-corrected chi connectivity index (χ1v) is 26.3. The van der Waals surface area contributed by atoms with Gasteiger partial charge >= 0.3 is 11.9 Å². The van der Waals surface area contributed by atoms with E-state index in [1.54, 1.807) is 0 Å². The lowest BCUT2D eigenvalue weighted by atomic mass is 9.33. The van der Waals surface area contributed by atoms with Gasteiger partial charge in [0.1, 0.15) is 67.1 Å². The highest BCUT2D eigenvalue weighted by Gasteiger charge is 2.70. The van der Waals surface area contributed by atoms with E-state index in [2.05, 4.69) is 54.5 Å². The molecule has 19 heteroatoms. The summed E-state index contributed by atoms with van der Waals surface area (Å²) in [5, 5.41) is 108.